The molecule has 0 atom stereocenters. The molecule has 2 heterocycles. The number of ether oxygens (including phenoxy) is 1. The molecule has 0 bridgehead atoms. The summed E-state index contributed by atoms with van der Waals surface area (Å²) in [5, 5.41) is 0.918. The van der Waals surface area contributed by atoms with Crippen molar-refractivity contribution >= 4 is 11.0 Å². The van der Waals surface area contributed by atoms with Crippen molar-refractivity contribution in [1.82, 2.24) is 0 Å². The third-order valence-corrected chi connectivity index (χ3v) is 3.38. The van der Waals surface area contributed by atoms with Gasteiger partial charge < -0.3 is 9.15 Å². The van der Waals surface area contributed by atoms with Crippen LogP contribution in [0, 0.1) is 0 Å². The highest BCUT2D eigenvalue weighted by molar-refractivity contribution is 5.80. The van der Waals surface area contributed by atoms with E-state index in [1.54, 1.807) is 12.1 Å². The van der Waals surface area contributed by atoms with Gasteiger partial charge in [-0.05, 0) is 23.8 Å². The summed E-state index contributed by atoms with van der Waals surface area (Å²) in [7, 11) is 0. The monoisotopic (exact) mass is 250 g/mol. The van der Waals surface area contributed by atoms with Crippen molar-refractivity contribution in [2.24, 2.45) is 0 Å². The molecule has 1 aromatic heterocycles. The summed E-state index contributed by atoms with van der Waals surface area (Å²) in [5.74, 6) is 1.63. The quantitative estimate of drug-likeness (QED) is 0.448. The summed E-state index contributed by atoms with van der Waals surface area (Å²) in [6, 6.07) is 15.0. The minimum absolute atomic E-state index is 0.344. The lowest BCUT2D eigenvalue weighted by Gasteiger charge is -2.20. The molecule has 3 nitrogen and oxygen atoms in total. The second-order valence-electron chi connectivity index (χ2n) is 4.64. The fraction of sp³-hybridized carbons (Fsp3) is 0.0625. The van der Waals surface area contributed by atoms with Crippen molar-refractivity contribution in [3.8, 4) is 11.5 Å². The highest BCUT2D eigenvalue weighted by Crippen LogP contribution is 2.38. The van der Waals surface area contributed by atoms with Crippen LogP contribution in [-0.4, -0.2) is 0 Å². The van der Waals surface area contributed by atoms with Crippen molar-refractivity contribution in [2.45, 2.75) is 6.42 Å². The van der Waals surface area contributed by atoms with E-state index >= 15 is 0 Å². The van der Waals surface area contributed by atoms with Crippen molar-refractivity contribution in [3.05, 3.63) is 70.1 Å². The molecule has 3 heteroatoms. The first-order valence-electron chi connectivity index (χ1n) is 6.12. The van der Waals surface area contributed by atoms with Crippen LogP contribution in [0.4, 0.5) is 0 Å². The average molecular weight is 250 g/mol. The molecule has 0 fully saturated rings. The Morgan fingerprint density at radius 2 is 1.79 bits per heavy atom. The Balaban J connectivity index is 1.94. The molecule has 0 saturated heterocycles. The molecule has 0 spiro atoms. The van der Waals surface area contributed by atoms with Crippen LogP contribution in [0.3, 0.4) is 0 Å². The zero-order valence-corrected chi connectivity index (χ0v) is 10.1. The largest absolute Gasteiger partial charge is 0.457 e. The third-order valence-electron chi connectivity index (χ3n) is 3.38. The summed E-state index contributed by atoms with van der Waals surface area (Å²) in [6.07, 6.45) is 0.834. The number of hydrogen-bond acceptors (Lipinski definition) is 3. The van der Waals surface area contributed by atoms with Crippen molar-refractivity contribution in [2.75, 3.05) is 0 Å². The molecule has 1 aliphatic heterocycles. The van der Waals surface area contributed by atoms with Crippen LogP contribution in [0.25, 0.3) is 11.0 Å². The minimum atomic E-state index is -0.344. The Kier molecular flexibility index (Phi) is 2.03. The zero-order valence-electron chi connectivity index (χ0n) is 10.1. The maximum atomic E-state index is 11.2. The van der Waals surface area contributed by atoms with Crippen molar-refractivity contribution in [1.29, 1.82) is 0 Å². The van der Waals surface area contributed by atoms with E-state index < -0.39 is 0 Å². The van der Waals surface area contributed by atoms with Crippen LogP contribution < -0.4 is 10.4 Å². The number of hydrogen-bond donors (Lipinski definition) is 0. The van der Waals surface area contributed by atoms with Gasteiger partial charge in [0, 0.05) is 29.5 Å². The van der Waals surface area contributed by atoms with Crippen molar-refractivity contribution in [3.63, 3.8) is 0 Å². The van der Waals surface area contributed by atoms with E-state index in [1.807, 2.05) is 24.3 Å². The zero-order chi connectivity index (χ0) is 12.8. The molecule has 0 N–H and O–H groups in total. The van der Waals surface area contributed by atoms with Gasteiger partial charge in [-0.15, -0.1) is 0 Å². The fourth-order valence-corrected chi connectivity index (χ4v) is 2.45. The van der Waals surface area contributed by atoms with E-state index in [-0.39, 0.29) is 5.63 Å². The Morgan fingerprint density at radius 3 is 2.74 bits per heavy atom. The number of fused-ring (bicyclic) bond motifs is 3. The Morgan fingerprint density at radius 1 is 0.895 bits per heavy atom. The lowest BCUT2D eigenvalue weighted by atomic mass is 9.99. The van der Waals surface area contributed by atoms with E-state index in [0.717, 1.165) is 28.9 Å². The molecule has 2 aromatic carbocycles. The van der Waals surface area contributed by atoms with Crippen LogP contribution in [0.1, 0.15) is 11.1 Å². The second-order valence-corrected chi connectivity index (χ2v) is 4.64. The van der Waals surface area contributed by atoms with Gasteiger partial charge in [0.15, 0.2) is 0 Å². The predicted molar refractivity (Wildman–Crippen MR) is 71.8 cm³/mol. The van der Waals surface area contributed by atoms with E-state index in [2.05, 4.69) is 6.07 Å². The highest BCUT2D eigenvalue weighted by Gasteiger charge is 2.17. The van der Waals surface area contributed by atoms with Crippen molar-refractivity contribution < 1.29 is 9.15 Å². The normalized spacial score (nSPS) is 12.6. The number of rotatable bonds is 0. The molecule has 1 aliphatic rings. The Hall–Kier alpha value is -2.55. The topological polar surface area (TPSA) is 39.4 Å². The Bertz CT molecular complexity index is 846. The standard InChI is InChI=1S/C16H10O3/c17-16-6-5-11-8-12-7-10-3-1-2-4-13(10)18-15(12)9-14(11)19-16/h1-6,8-9H,7H2. The molecule has 92 valence electrons. The van der Waals surface area contributed by atoms with E-state index in [1.165, 1.54) is 11.6 Å². The number of benzene rings is 2. The van der Waals surface area contributed by atoms with Gasteiger partial charge in [0.05, 0.1) is 0 Å². The van der Waals surface area contributed by atoms with Gasteiger partial charge in [0.1, 0.15) is 17.1 Å². The molecule has 19 heavy (non-hydrogen) atoms. The third kappa shape index (κ3) is 1.63. The predicted octanol–water partition coefficient (Wildman–Crippen LogP) is 3.49. The van der Waals surface area contributed by atoms with E-state index in [4.69, 9.17) is 9.15 Å². The van der Waals surface area contributed by atoms with Crippen LogP contribution in [0.5, 0.6) is 11.5 Å². The molecule has 0 saturated carbocycles. The lowest BCUT2D eigenvalue weighted by molar-refractivity contribution is 0.458. The van der Waals surface area contributed by atoms with Crippen LogP contribution in [0.15, 0.2) is 57.7 Å². The first-order valence-corrected chi connectivity index (χ1v) is 6.12. The van der Waals surface area contributed by atoms with Gasteiger partial charge in [-0.2, -0.15) is 0 Å². The molecule has 0 aliphatic carbocycles. The molecule has 3 aromatic rings. The van der Waals surface area contributed by atoms with Crippen LogP contribution >= 0.6 is 0 Å². The highest BCUT2D eigenvalue weighted by atomic mass is 16.5. The van der Waals surface area contributed by atoms with E-state index in [0.29, 0.717) is 5.58 Å². The van der Waals surface area contributed by atoms with Gasteiger partial charge in [-0.25, -0.2) is 4.79 Å². The Labute approximate surface area is 109 Å². The summed E-state index contributed by atoms with van der Waals surface area (Å²) >= 11 is 0. The van der Waals surface area contributed by atoms with Gasteiger partial charge in [-0.1, -0.05) is 18.2 Å². The molecule has 0 radical (unpaired) electrons. The molecular weight excluding hydrogens is 240 g/mol. The van der Waals surface area contributed by atoms with Crippen LogP contribution in [0.2, 0.25) is 0 Å². The van der Waals surface area contributed by atoms with Gasteiger partial charge >= 0.3 is 5.63 Å². The summed E-state index contributed by atoms with van der Waals surface area (Å²) < 4.78 is 11.0. The van der Waals surface area contributed by atoms with Gasteiger partial charge in [-0.3, -0.25) is 0 Å². The molecule has 0 amide bonds. The lowest BCUT2D eigenvalue weighted by Crippen LogP contribution is -2.03. The number of para-hydroxylation sites is 1. The molecule has 0 unspecified atom stereocenters. The van der Waals surface area contributed by atoms with Gasteiger partial charge in [0.2, 0.25) is 0 Å². The maximum absolute atomic E-state index is 11.2. The first-order chi connectivity index (χ1) is 9.29. The first kappa shape index (κ1) is 10.4. The smallest absolute Gasteiger partial charge is 0.336 e. The molecule has 4 rings (SSSR count). The van der Waals surface area contributed by atoms with Gasteiger partial charge in [0.25, 0.3) is 0 Å². The summed E-state index contributed by atoms with van der Waals surface area (Å²) in [5.41, 5.74) is 2.50. The average Bonchev–Trinajstić information content (AvgIpc) is 2.43. The summed E-state index contributed by atoms with van der Waals surface area (Å²) in [4.78, 5) is 11.2. The SMILES string of the molecule is O=c1ccc2cc3c(cc2o1)Oc1ccccc1C3. The molecular formula is C16H10O3. The second kappa shape index (κ2) is 3.72. The van der Waals surface area contributed by atoms with E-state index in [9.17, 15) is 4.79 Å². The minimum Gasteiger partial charge on any atom is -0.457 e. The fourth-order valence-electron chi connectivity index (χ4n) is 2.45. The maximum Gasteiger partial charge on any atom is 0.336 e. The van der Waals surface area contributed by atoms with Crippen LogP contribution in [-0.2, 0) is 6.42 Å². The summed E-state index contributed by atoms with van der Waals surface area (Å²) in [6.45, 7) is 0.